The quantitative estimate of drug-likeness (QED) is 0.379. The molecule has 0 saturated carbocycles. The molecule has 0 aliphatic heterocycles. The van der Waals surface area contributed by atoms with E-state index in [1.165, 1.54) is 30.3 Å². The minimum absolute atomic E-state index is 0.0926. The Morgan fingerprint density at radius 1 is 1.04 bits per heavy atom. The van der Waals surface area contributed by atoms with Gasteiger partial charge in [0.15, 0.2) is 0 Å². The fourth-order valence-corrected chi connectivity index (χ4v) is 2.61. The summed E-state index contributed by atoms with van der Waals surface area (Å²) in [7, 11) is 0. The van der Waals surface area contributed by atoms with E-state index in [-0.39, 0.29) is 43.5 Å². The zero-order valence-electron chi connectivity index (χ0n) is 13.4. The second-order valence-electron chi connectivity index (χ2n) is 5.30. The van der Waals surface area contributed by atoms with Crippen LogP contribution in [-0.2, 0) is 4.79 Å². The molecule has 2 aromatic rings. The molecule has 2 aromatic carbocycles. The number of rotatable bonds is 5. The summed E-state index contributed by atoms with van der Waals surface area (Å²) in [5.74, 6) is -1.04. The molecule has 2 amide bonds. The Morgan fingerprint density at radius 3 is 2.35 bits per heavy atom. The number of carbonyl (C=O) groups is 2. The number of hydrogen-bond donors (Lipinski definition) is 3. The van der Waals surface area contributed by atoms with Crippen LogP contribution in [0, 0.1) is 0 Å². The molecule has 5 nitrogen and oxygen atoms in total. The van der Waals surface area contributed by atoms with E-state index in [1.54, 1.807) is 0 Å². The van der Waals surface area contributed by atoms with Gasteiger partial charge in [-0.1, -0.05) is 57.7 Å². The second-order valence-corrected chi connectivity index (χ2v) is 7.62. The molecule has 0 bridgehead atoms. The number of nitrogens with one attached hydrogen (secondary N) is 2. The maximum Gasteiger partial charge on any atom is 0.255 e. The van der Waals surface area contributed by atoms with Crippen LogP contribution in [0.15, 0.2) is 30.3 Å². The van der Waals surface area contributed by atoms with Crippen molar-refractivity contribution in [3.05, 3.63) is 51.0 Å². The van der Waals surface area contributed by atoms with E-state index in [1.807, 2.05) is 6.92 Å². The van der Waals surface area contributed by atoms with Crippen molar-refractivity contribution in [2.24, 2.45) is 0 Å². The van der Waals surface area contributed by atoms with Crippen molar-refractivity contribution in [1.29, 1.82) is 0 Å². The van der Waals surface area contributed by atoms with Crippen LogP contribution in [0.3, 0.4) is 0 Å². The minimum atomic E-state index is -0.502. The molecule has 26 heavy (non-hydrogen) atoms. The first-order valence-corrected chi connectivity index (χ1v) is 9.51. The number of amides is 2. The number of benzene rings is 2. The highest BCUT2D eigenvalue weighted by atomic mass is 79.9. The molecule has 3 N–H and O–H groups in total. The summed E-state index contributed by atoms with van der Waals surface area (Å²) in [4.78, 5) is 23.8. The van der Waals surface area contributed by atoms with Gasteiger partial charge in [-0.25, -0.2) is 0 Å². The number of halogens is 4. The Hall–Kier alpha value is -1.47. The molecule has 0 spiro atoms. The highest BCUT2D eigenvalue weighted by molar-refractivity contribution is 9.10. The lowest BCUT2D eigenvalue weighted by Gasteiger charge is -2.13. The van der Waals surface area contributed by atoms with Gasteiger partial charge in [-0.05, 0) is 30.7 Å². The standard InChI is InChI=1S/C17H14BrCl3N2O3/c1-2-9(18)17(26)22-13-7-15(24)14(6-12(13)21)23-16(25)8-3-4-10(19)11(20)5-8/h3-7,9,24H,2H2,1H3,(H,22,26)(H,23,25). The fourth-order valence-electron chi connectivity index (χ4n) is 1.99. The van der Waals surface area contributed by atoms with Crippen LogP contribution in [0.25, 0.3) is 0 Å². The Balaban J connectivity index is 2.20. The molecule has 0 radical (unpaired) electrons. The third kappa shape index (κ3) is 5.04. The lowest BCUT2D eigenvalue weighted by atomic mass is 10.2. The predicted molar refractivity (Wildman–Crippen MR) is 109 cm³/mol. The molecule has 0 aliphatic rings. The maximum atomic E-state index is 12.3. The average molecular weight is 481 g/mol. The normalized spacial score (nSPS) is 11.7. The summed E-state index contributed by atoms with van der Waals surface area (Å²) < 4.78 is 0. The van der Waals surface area contributed by atoms with Crippen molar-refractivity contribution in [2.45, 2.75) is 18.2 Å². The van der Waals surface area contributed by atoms with Gasteiger partial charge in [-0.2, -0.15) is 0 Å². The number of phenolic OH excluding ortho intramolecular Hbond substituents is 1. The van der Waals surface area contributed by atoms with Gasteiger partial charge in [0.05, 0.1) is 31.3 Å². The van der Waals surface area contributed by atoms with Crippen molar-refractivity contribution in [2.75, 3.05) is 10.6 Å². The maximum absolute atomic E-state index is 12.3. The van der Waals surface area contributed by atoms with E-state index in [9.17, 15) is 14.7 Å². The van der Waals surface area contributed by atoms with Gasteiger partial charge in [-0.15, -0.1) is 0 Å². The van der Waals surface area contributed by atoms with Crippen LogP contribution in [0.2, 0.25) is 15.1 Å². The van der Waals surface area contributed by atoms with E-state index in [0.717, 1.165) is 0 Å². The van der Waals surface area contributed by atoms with Gasteiger partial charge >= 0.3 is 0 Å². The van der Waals surface area contributed by atoms with E-state index in [2.05, 4.69) is 26.6 Å². The first-order chi connectivity index (χ1) is 12.2. The van der Waals surface area contributed by atoms with E-state index >= 15 is 0 Å². The smallest absolute Gasteiger partial charge is 0.255 e. The molecule has 0 fully saturated rings. The van der Waals surface area contributed by atoms with Gasteiger partial charge in [0.25, 0.3) is 5.91 Å². The first kappa shape index (κ1) is 20.8. The summed E-state index contributed by atoms with van der Waals surface area (Å²) in [6.07, 6.45) is 0.591. The molecule has 0 aromatic heterocycles. The highest BCUT2D eigenvalue weighted by Gasteiger charge is 2.17. The molecular formula is C17H14BrCl3N2O3. The first-order valence-electron chi connectivity index (χ1n) is 7.46. The molecule has 1 atom stereocenters. The number of alkyl halides is 1. The molecular weight excluding hydrogens is 466 g/mol. The van der Waals surface area contributed by atoms with Crippen LogP contribution in [0.4, 0.5) is 11.4 Å². The van der Waals surface area contributed by atoms with Gasteiger partial charge in [0, 0.05) is 11.6 Å². The highest BCUT2D eigenvalue weighted by Crippen LogP contribution is 2.34. The van der Waals surface area contributed by atoms with E-state index in [0.29, 0.717) is 11.4 Å². The zero-order valence-corrected chi connectivity index (χ0v) is 17.3. The Kier molecular flexibility index (Phi) is 7.17. The number of aromatic hydroxyl groups is 1. The number of hydrogen-bond acceptors (Lipinski definition) is 3. The summed E-state index contributed by atoms with van der Waals surface area (Å²) in [5, 5.41) is 16.0. The third-order valence-electron chi connectivity index (χ3n) is 3.42. The van der Waals surface area contributed by atoms with Crippen molar-refractivity contribution >= 4 is 73.9 Å². The van der Waals surface area contributed by atoms with Crippen LogP contribution in [0.5, 0.6) is 5.75 Å². The van der Waals surface area contributed by atoms with E-state index in [4.69, 9.17) is 34.8 Å². The van der Waals surface area contributed by atoms with Crippen molar-refractivity contribution in [3.63, 3.8) is 0 Å². The molecule has 0 aliphatic carbocycles. The van der Waals surface area contributed by atoms with Crippen molar-refractivity contribution in [1.82, 2.24) is 0 Å². The van der Waals surface area contributed by atoms with Crippen LogP contribution in [0.1, 0.15) is 23.7 Å². The van der Waals surface area contributed by atoms with Crippen LogP contribution < -0.4 is 10.6 Å². The molecule has 138 valence electrons. The topological polar surface area (TPSA) is 78.4 Å². The number of anilines is 2. The van der Waals surface area contributed by atoms with Crippen molar-refractivity contribution in [3.8, 4) is 5.75 Å². The van der Waals surface area contributed by atoms with Gasteiger partial charge in [0.2, 0.25) is 5.91 Å². The molecule has 9 heteroatoms. The average Bonchev–Trinajstić information content (AvgIpc) is 2.60. The summed E-state index contributed by atoms with van der Waals surface area (Å²) >= 11 is 21.1. The molecule has 0 saturated heterocycles. The lowest BCUT2D eigenvalue weighted by molar-refractivity contribution is -0.115. The number of phenols is 1. The van der Waals surface area contributed by atoms with Crippen molar-refractivity contribution < 1.29 is 14.7 Å². The Morgan fingerprint density at radius 2 is 1.73 bits per heavy atom. The minimum Gasteiger partial charge on any atom is -0.506 e. The van der Waals surface area contributed by atoms with Gasteiger partial charge in [0.1, 0.15) is 5.75 Å². The summed E-state index contributed by atoms with van der Waals surface area (Å²) in [6, 6.07) is 7.01. The largest absolute Gasteiger partial charge is 0.506 e. The van der Waals surface area contributed by atoms with E-state index < -0.39 is 5.91 Å². The predicted octanol–water partition coefficient (Wildman–Crippen LogP) is 5.72. The second kappa shape index (κ2) is 8.95. The molecule has 1 unspecified atom stereocenters. The zero-order chi connectivity index (χ0) is 19.4. The Bertz CT molecular complexity index is 861. The lowest BCUT2D eigenvalue weighted by Crippen LogP contribution is -2.22. The summed E-state index contributed by atoms with van der Waals surface area (Å²) in [6.45, 7) is 1.85. The van der Waals surface area contributed by atoms with Crippen LogP contribution in [-0.4, -0.2) is 21.7 Å². The van der Waals surface area contributed by atoms with Crippen LogP contribution >= 0.6 is 50.7 Å². The monoisotopic (exact) mass is 478 g/mol. The number of carbonyl (C=O) groups excluding carboxylic acids is 2. The fraction of sp³-hybridized carbons (Fsp3) is 0.176. The molecule has 2 rings (SSSR count). The summed E-state index contributed by atoms with van der Waals surface area (Å²) in [5.41, 5.74) is 0.590. The van der Waals surface area contributed by atoms with Gasteiger partial charge in [-0.3, -0.25) is 9.59 Å². The SMILES string of the molecule is CCC(Br)C(=O)Nc1cc(O)c(NC(=O)c2ccc(Cl)c(Cl)c2)cc1Cl. The van der Waals surface area contributed by atoms with Gasteiger partial charge < -0.3 is 15.7 Å². The molecule has 0 heterocycles. The Labute approximate surface area is 173 Å². The third-order valence-corrected chi connectivity index (χ3v) is 5.53.